The number of aromatic nitrogens is 3. The molecule has 0 aliphatic heterocycles. The van der Waals surface area contributed by atoms with Gasteiger partial charge in [-0.2, -0.15) is 5.10 Å². The van der Waals surface area contributed by atoms with Crippen LogP contribution in [0.15, 0.2) is 6.33 Å². The van der Waals surface area contributed by atoms with Crippen LogP contribution in [-0.4, -0.2) is 21.3 Å². The van der Waals surface area contributed by atoms with Crippen LogP contribution in [0.1, 0.15) is 25.1 Å². The number of hydrogen-bond donors (Lipinski definition) is 1. The molecule has 2 rings (SSSR count). The lowest BCUT2D eigenvalue weighted by Gasteiger charge is -2.25. The lowest BCUT2D eigenvalue weighted by molar-refractivity contribution is 0.300. The fourth-order valence-electron chi connectivity index (χ4n) is 1.57. The van der Waals surface area contributed by atoms with E-state index in [0.29, 0.717) is 0 Å². The van der Waals surface area contributed by atoms with E-state index in [0.717, 1.165) is 24.8 Å². The summed E-state index contributed by atoms with van der Waals surface area (Å²) in [5.74, 6) is 1.92. The molecule has 0 unspecified atom stereocenters. The van der Waals surface area contributed by atoms with Gasteiger partial charge in [0.1, 0.15) is 12.2 Å². The third kappa shape index (κ3) is 2.06. The molecular weight excluding hydrogens is 164 g/mol. The molecule has 13 heavy (non-hydrogen) atoms. The first-order chi connectivity index (χ1) is 6.36. The van der Waals surface area contributed by atoms with E-state index in [-0.39, 0.29) is 0 Å². The van der Waals surface area contributed by atoms with E-state index >= 15 is 0 Å². The van der Waals surface area contributed by atoms with E-state index in [2.05, 4.69) is 15.4 Å². The summed E-state index contributed by atoms with van der Waals surface area (Å²) in [6.07, 6.45) is 5.80. The van der Waals surface area contributed by atoms with Crippen LogP contribution in [0.5, 0.6) is 0 Å². The van der Waals surface area contributed by atoms with Crippen molar-refractivity contribution in [1.82, 2.24) is 20.1 Å². The van der Waals surface area contributed by atoms with Gasteiger partial charge in [-0.3, -0.25) is 4.68 Å². The second-order valence-electron chi connectivity index (χ2n) is 3.73. The van der Waals surface area contributed by atoms with Crippen molar-refractivity contribution in [1.29, 1.82) is 0 Å². The average molecular weight is 180 g/mol. The van der Waals surface area contributed by atoms with E-state index in [9.17, 15) is 0 Å². The van der Waals surface area contributed by atoms with Gasteiger partial charge in [-0.25, -0.2) is 4.98 Å². The minimum Gasteiger partial charge on any atom is -0.310 e. The minimum atomic E-state index is 0.840. The van der Waals surface area contributed by atoms with Gasteiger partial charge in [0, 0.05) is 7.05 Å². The molecule has 4 heteroatoms. The van der Waals surface area contributed by atoms with Crippen LogP contribution in [0.4, 0.5) is 0 Å². The van der Waals surface area contributed by atoms with E-state index in [1.807, 2.05) is 11.7 Å². The zero-order valence-corrected chi connectivity index (χ0v) is 8.03. The first-order valence-electron chi connectivity index (χ1n) is 4.90. The number of aryl methyl sites for hydroxylation is 1. The second-order valence-corrected chi connectivity index (χ2v) is 3.73. The second kappa shape index (κ2) is 3.87. The van der Waals surface area contributed by atoms with Crippen LogP contribution in [0.2, 0.25) is 0 Å². The van der Waals surface area contributed by atoms with Gasteiger partial charge in [-0.05, 0) is 25.3 Å². The van der Waals surface area contributed by atoms with E-state index in [4.69, 9.17) is 0 Å². The normalized spacial score (nSPS) is 17.3. The molecule has 1 N–H and O–H groups in total. The monoisotopic (exact) mass is 180 g/mol. The number of rotatable bonds is 4. The van der Waals surface area contributed by atoms with Crippen molar-refractivity contribution in [2.75, 3.05) is 6.54 Å². The molecule has 0 atom stereocenters. The summed E-state index contributed by atoms with van der Waals surface area (Å²) < 4.78 is 1.81. The maximum Gasteiger partial charge on any atom is 0.140 e. The van der Waals surface area contributed by atoms with Crippen molar-refractivity contribution in [2.45, 2.75) is 25.8 Å². The van der Waals surface area contributed by atoms with Gasteiger partial charge >= 0.3 is 0 Å². The third-order valence-corrected chi connectivity index (χ3v) is 2.75. The highest BCUT2D eigenvalue weighted by Gasteiger charge is 2.16. The average Bonchev–Trinajstić information content (AvgIpc) is 2.42. The van der Waals surface area contributed by atoms with Crippen molar-refractivity contribution in [3.8, 4) is 0 Å². The molecule has 0 bridgehead atoms. The molecule has 4 nitrogen and oxygen atoms in total. The Morgan fingerprint density at radius 2 is 2.46 bits per heavy atom. The Bertz CT molecular complexity index is 264. The van der Waals surface area contributed by atoms with Crippen molar-refractivity contribution in [3.05, 3.63) is 12.2 Å². The van der Waals surface area contributed by atoms with Crippen molar-refractivity contribution >= 4 is 0 Å². The number of nitrogens with one attached hydrogen (secondary N) is 1. The lowest BCUT2D eigenvalue weighted by atomic mass is 9.85. The van der Waals surface area contributed by atoms with Gasteiger partial charge in [0.25, 0.3) is 0 Å². The highest BCUT2D eigenvalue weighted by atomic mass is 15.3. The third-order valence-electron chi connectivity index (χ3n) is 2.75. The molecule has 1 aliphatic carbocycles. The van der Waals surface area contributed by atoms with Gasteiger partial charge in [-0.1, -0.05) is 6.42 Å². The molecule has 1 aliphatic rings. The highest BCUT2D eigenvalue weighted by molar-refractivity contribution is 4.83. The van der Waals surface area contributed by atoms with E-state index < -0.39 is 0 Å². The first-order valence-corrected chi connectivity index (χ1v) is 4.90. The molecule has 72 valence electrons. The van der Waals surface area contributed by atoms with Crippen LogP contribution in [0.25, 0.3) is 0 Å². The predicted molar refractivity (Wildman–Crippen MR) is 50.1 cm³/mol. The quantitative estimate of drug-likeness (QED) is 0.742. The van der Waals surface area contributed by atoms with Gasteiger partial charge in [0.05, 0.1) is 6.54 Å². The van der Waals surface area contributed by atoms with E-state index in [1.54, 1.807) is 6.33 Å². The van der Waals surface area contributed by atoms with Crippen LogP contribution >= 0.6 is 0 Å². The molecule has 0 spiro atoms. The van der Waals surface area contributed by atoms with Crippen LogP contribution in [0.3, 0.4) is 0 Å². The molecule has 0 radical (unpaired) electrons. The molecule has 0 saturated heterocycles. The topological polar surface area (TPSA) is 42.7 Å². The molecule has 1 aromatic rings. The van der Waals surface area contributed by atoms with Crippen molar-refractivity contribution in [2.24, 2.45) is 13.0 Å². The first kappa shape index (κ1) is 8.69. The molecule has 1 saturated carbocycles. The largest absolute Gasteiger partial charge is 0.310 e. The summed E-state index contributed by atoms with van der Waals surface area (Å²) in [5.41, 5.74) is 0. The molecule has 0 aromatic carbocycles. The standard InChI is InChI=1S/C9H16N4/c1-13-9(11-7-12-13)6-10-5-8-3-2-4-8/h7-8,10H,2-6H2,1H3. The summed E-state index contributed by atoms with van der Waals surface area (Å²) in [7, 11) is 1.92. The van der Waals surface area contributed by atoms with Gasteiger partial charge in [-0.15, -0.1) is 0 Å². The summed E-state index contributed by atoms with van der Waals surface area (Å²) in [5, 5.41) is 7.42. The van der Waals surface area contributed by atoms with Crippen LogP contribution in [-0.2, 0) is 13.6 Å². The predicted octanol–water partition coefficient (Wildman–Crippen LogP) is 0.705. The van der Waals surface area contributed by atoms with E-state index in [1.165, 1.54) is 19.3 Å². The van der Waals surface area contributed by atoms with Crippen LogP contribution < -0.4 is 5.32 Å². The van der Waals surface area contributed by atoms with Crippen molar-refractivity contribution in [3.63, 3.8) is 0 Å². The Kier molecular flexibility index (Phi) is 2.59. The number of nitrogens with zero attached hydrogens (tertiary/aromatic N) is 3. The van der Waals surface area contributed by atoms with Gasteiger partial charge < -0.3 is 5.32 Å². The summed E-state index contributed by atoms with van der Waals surface area (Å²) in [6.45, 7) is 1.97. The van der Waals surface area contributed by atoms with Crippen molar-refractivity contribution < 1.29 is 0 Å². The molecule has 1 heterocycles. The molecule has 1 aromatic heterocycles. The summed E-state index contributed by atoms with van der Waals surface area (Å²) in [6, 6.07) is 0. The number of hydrogen-bond acceptors (Lipinski definition) is 3. The Morgan fingerprint density at radius 1 is 1.62 bits per heavy atom. The Labute approximate surface area is 78.4 Å². The maximum atomic E-state index is 4.15. The van der Waals surface area contributed by atoms with Crippen LogP contribution in [0, 0.1) is 5.92 Å². The maximum absolute atomic E-state index is 4.15. The fourth-order valence-corrected chi connectivity index (χ4v) is 1.57. The Morgan fingerprint density at radius 3 is 3.00 bits per heavy atom. The molecule has 0 amide bonds. The highest BCUT2D eigenvalue weighted by Crippen LogP contribution is 2.25. The summed E-state index contributed by atoms with van der Waals surface area (Å²) in [4.78, 5) is 4.15. The van der Waals surface area contributed by atoms with Gasteiger partial charge in [0.2, 0.25) is 0 Å². The minimum absolute atomic E-state index is 0.840. The zero-order chi connectivity index (χ0) is 9.10. The summed E-state index contributed by atoms with van der Waals surface area (Å²) >= 11 is 0. The fraction of sp³-hybridized carbons (Fsp3) is 0.778. The van der Waals surface area contributed by atoms with Gasteiger partial charge in [0.15, 0.2) is 0 Å². The molecular formula is C9H16N4. The Balaban J connectivity index is 1.70. The molecule has 1 fully saturated rings. The SMILES string of the molecule is Cn1ncnc1CNCC1CCC1. The Hall–Kier alpha value is -0.900. The smallest absolute Gasteiger partial charge is 0.140 e. The lowest BCUT2D eigenvalue weighted by Crippen LogP contribution is -2.27. The zero-order valence-electron chi connectivity index (χ0n) is 8.03.